The summed E-state index contributed by atoms with van der Waals surface area (Å²) in [5.74, 6) is 2.83. The quantitative estimate of drug-likeness (QED) is 0.444. The maximum atomic E-state index is 3.83. The summed E-state index contributed by atoms with van der Waals surface area (Å²) in [5.41, 5.74) is 0.924. The predicted octanol–water partition coefficient (Wildman–Crippen LogP) is 2.63. The minimum Gasteiger partial charge on any atom is -0.265 e. The summed E-state index contributed by atoms with van der Waals surface area (Å²) in [4.78, 5) is 3.72. The number of thiocarbonyl (C=S) groups is 1. The third kappa shape index (κ3) is 3.10. The number of benzene rings is 1. The Hall–Kier alpha value is -1.02. The first-order valence-corrected chi connectivity index (χ1v) is 3.32. The van der Waals surface area contributed by atoms with Crippen molar-refractivity contribution in [3.8, 4) is 0 Å². The molecule has 0 aliphatic rings. The van der Waals surface area contributed by atoms with Gasteiger partial charge in [-0.3, -0.25) is 4.99 Å². The van der Waals surface area contributed by atoms with Gasteiger partial charge in [0.05, 0.1) is 5.69 Å². The largest absolute Gasteiger partial charge is 0.265 e. The second-order valence-corrected chi connectivity index (χ2v) is 1.49. The smallest absolute Gasteiger partial charge is 0.0622 e. The Kier molecular flexibility index (Phi) is 5.48. The molecule has 1 aromatic carbocycles. The van der Waals surface area contributed by atoms with Crippen molar-refractivity contribution in [2.24, 2.45) is 4.99 Å². The molecule has 0 aromatic heterocycles. The molecule has 10 heavy (non-hydrogen) atoms. The molecule has 0 spiro atoms. The van der Waals surface area contributed by atoms with Gasteiger partial charge in [0.2, 0.25) is 0 Å². The van der Waals surface area contributed by atoms with Gasteiger partial charge in [-0.15, -0.1) is 0 Å². The molecular weight excluding hydrogens is 142 g/mol. The Bertz CT molecular complexity index is 184. The van der Waals surface area contributed by atoms with E-state index in [9.17, 15) is 0 Å². The van der Waals surface area contributed by atoms with Crippen molar-refractivity contribution < 1.29 is 0 Å². The molecule has 0 N–H and O–H groups in total. The van der Waals surface area contributed by atoms with E-state index in [1.54, 1.807) is 0 Å². The van der Waals surface area contributed by atoms with Crippen LogP contribution in [0, 0.1) is 0 Å². The van der Waals surface area contributed by atoms with Crippen LogP contribution in [0.5, 0.6) is 0 Å². The monoisotopic (exact) mass is 151 g/mol. The summed E-state index contributed by atoms with van der Waals surface area (Å²) >= 11 is 3.83. The van der Waals surface area contributed by atoms with Crippen LogP contribution in [0.3, 0.4) is 0 Å². The summed E-state index contributed by atoms with van der Waals surface area (Å²) in [5, 5.41) is 0. The number of nitrogens with zero attached hydrogens (tertiary/aromatic N) is 1. The lowest BCUT2D eigenvalue weighted by Gasteiger charge is -1.84. The summed E-state index contributed by atoms with van der Waals surface area (Å²) < 4.78 is 0. The lowest BCUT2D eigenvalue weighted by molar-refractivity contribution is 1.55. The first-order valence-electron chi connectivity index (χ1n) is 2.74. The van der Waals surface area contributed by atoms with Gasteiger partial charge in [0.15, 0.2) is 0 Å². The Balaban J connectivity index is 0.000000371. The SMILES string of the molecule is C=Nc1ccccc1.C=S. The first kappa shape index (κ1) is 8.98. The Morgan fingerprint density at radius 1 is 1.10 bits per heavy atom. The summed E-state index contributed by atoms with van der Waals surface area (Å²) in [6, 6.07) is 9.64. The third-order valence-electron chi connectivity index (χ3n) is 0.939. The molecule has 52 valence electrons. The molecule has 0 fully saturated rings. The van der Waals surface area contributed by atoms with Gasteiger partial charge >= 0.3 is 0 Å². The lowest BCUT2D eigenvalue weighted by atomic mass is 10.3. The molecule has 2 heteroatoms. The Morgan fingerprint density at radius 3 is 1.90 bits per heavy atom. The fourth-order valence-electron chi connectivity index (χ4n) is 0.533. The van der Waals surface area contributed by atoms with Crippen molar-refractivity contribution in [2.45, 2.75) is 0 Å². The Morgan fingerprint density at radius 2 is 1.60 bits per heavy atom. The number of hydrogen-bond donors (Lipinski definition) is 0. The molecule has 1 nitrogen and oxygen atoms in total. The van der Waals surface area contributed by atoms with E-state index in [4.69, 9.17) is 0 Å². The van der Waals surface area contributed by atoms with Gasteiger partial charge in [-0.1, -0.05) is 30.4 Å². The molecule has 0 amide bonds. The molecular formula is C8H9NS. The van der Waals surface area contributed by atoms with Gasteiger partial charge in [0, 0.05) is 0 Å². The molecule has 0 bridgehead atoms. The lowest BCUT2D eigenvalue weighted by Crippen LogP contribution is -1.57. The van der Waals surface area contributed by atoms with E-state index in [0.29, 0.717) is 0 Å². The molecule has 0 unspecified atom stereocenters. The highest BCUT2D eigenvalue weighted by Crippen LogP contribution is 2.06. The molecule has 0 saturated heterocycles. The maximum absolute atomic E-state index is 3.83. The molecule has 0 aliphatic heterocycles. The van der Waals surface area contributed by atoms with E-state index in [1.807, 2.05) is 30.3 Å². The summed E-state index contributed by atoms with van der Waals surface area (Å²) in [7, 11) is 0. The zero-order chi connectivity index (χ0) is 7.82. The van der Waals surface area contributed by atoms with Gasteiger partial charge < -0.3 is 0 Å². The average Bonchev–Trinajstić information content (AvgIpc) is 2.10. The minimum atomic E-state index is 0.924. The van der Waals surface area contributed by atoms with Gasteiger partial charge in [-0.25, -0.2) is 0 Å². The fourth-order valence-corrected chi connectivity index (χ4v) is 0.533. The van der Waals surface area contributed by atoms with Gasteiger partial charge in [0.1, 0.15) is 0 Å². The van der Waals surface area contributed by atoms with Gasteiger partial charge in [0.25, 0.3) is 0 Å². The predicted molar refractivity (Wildman–Crippen MR) is 50.4 cm³/mol. The Labute approximate surface area is 66.4 Å². The van der Waals surface area contributed by atoms with Crippen LogP contribution >= 0.6 is 12.2 Å². The van der Waals surface area contributed by atoms with E-state index < -0.39 is 0 Å². The average molecular weight is 151 g/mol. The number of aliphatic imine (C=N–C) groups is 1. The second-order valence-electron chi connectivity index (χ2n) is 1.49. The molecule has 0 radical (unpaired) electrons. The highest BCUT2D eigenvalue weighted by molar-refractivity contribution is 7.77. The van der Waals surface area contributed by atoms with Crippen LogP contribution in [0.25, 0.3) is 0 Å². The summed E-state index contributed by atoms with van der Waals surface area (Å²) in [6.07, 6.45) is 0. The van der Waals surface area contributed by atoms with Crippen molar-refractivity contribution in [2.75, 3.05) is 0 Å². The first-order chi connectivity index (χ1) is 4.93. The van der Waals surface area contributed by atoms with Crippen LogP contribution in [-0.2, 0) is 0 Å². The maximum Gasteiger partial charge on any atom is 0.0622 e. The zero-order valence-electron chi connectivity index (χ0n) is 5.66. The normalized spacial score (nSPS) is 7.20. The van der Waals surface area contributed by atoms with E-state index in [2.05, 4.69) is 29.8 Å². The van der Waals surface area contributed by atoms with Crippen LogP contribution in [0.4, 0.5) is 5.69 Å². The van der Waals surface area contributed by atoms with Crippen molar-refractivity contribution in [3.63, 3.8) is 0 Å². The van der Waals surface area contributed by atoms with Crippen molar-refractivity contribution >= 4 is 30.5 Å². The molecule has 0 saturated carbocycles. The van der Waals surface area contributed by atoms with Crippen molar-refractivity contribution in [1.82, 2.24) is 0 Å². The fraction of sp³-hybridized carbons (Fsp3) is 0. The minimum absolute atomic E-state index is 0.924. The van der Waals surface area contributed by atoms with E-state index in [1.165, 1.54) is 0 Å². The van der Waals surface area contributed by atoms with Crippen LogP contribution < -0.4 is 0 Å². The van der Waals surface area contributed by atoms with Crippen LogP contribution in [0.15, 0.2) is 35.3 Å². The molecule has 1 aromatic rings. The van der Waals surface area contributed by atoms with E-state index >= 15 is 0 Å². The highest BCUT2D eigenvalue weighted by atomic mass is 32.1. The molecule has 0 aliphatic carbocycles. The second kappa shape index (κ2) is 6.11. The van der Waals surface area contributed by atoms with Crippen LogP contribution in [-0.4, -0.2) is 12.6 Å². The van der Waals surface area contributed by atoms with Crippen LogP contribution in [0.2, 0.25) is 0 Å². The van der Waals surface area contributed by atoms with Crippen LogP contribution in [0.1, 0.15) is 0 Å². The van der Waals surface area contributed by atoms with Crippen molar-refractivity contribution in [3.05, 3.63) is 30.3 Å². The van der Waals surface area contributed by atoms with E-state index in [-0.39, 0.29) is 0 Å². The third-order valence-corrected chi connectivity index (χ3v) is 0.939. The number of rotatable bonds is 1. The van der Waals surface area contributed by atoms with Gasteiger partial charge in [-0.2, -0.15) is 0 Å². The molecule has 0 atom stereocenters. The summed E-state index contributed by atoms with van der Waals surface area (Å²) in [6.45, 7) is 3.38. The highest BCUT2D eigenvalue weighted by Gasteiger charge is 1.76. The number of hydrogen-bond acceptors (Lipinski definition) is 2. The topological polar surface area (TPSA) is 12.4 Å². The van der Waals surface area contributed by atoms with Gasteiger partial charge in [-0.05, 0) is 24.7 Å². The standard InChI is InChI=1S/C7H7N.CH2S/c1-8-7-5-3-2-4-6-7;1-2/h2-6H,1H2;1H2. The molecule has 1 rings (SSSR count). The van der Waals surface area contributed by atoms with Crippen molar-refractivity contribution in [1.29, 1.82) is 0 Å². The molecule has 0 heterocycles. The zero-order valence-corrected chi connectivity index (χ0v) is 6.47. The number of para-hydroxylation sites is 1. The van der Waals surface area contributed by atoms with E-state index in [0.717, 1.165) is 5.69 Å².